The lowest BCUT2D eigenvalue weighted by atomic mass is 10.1. The molecule has 1 aliphatic rings. The van der Waals surface area contributed by atoms with Gasteiger partial charge in [0, 0.05) is 29.3 Å². The molecule has 4 N–H and O–H groups in total. The number of hydrogen-bond donors (Lipinski definition) is 2. The van der Waals surface area contributed by atoms with Gasteiger partial charge in [-0.05, 0) is 95.9 Å². The van der Waals surface area contributed by atoms with Crippen LogP contribution in [0.1, 0.15) is 30.6 Å². The molecule has 0 aromatic carbocycles. The second-order valence-corrected chi connectivity index (χ2v) is 15.4. The van der Waals surface area contributed by atoms with E-state index in [1.54, 1.807) is 45.3 Å². The average Bonchev–Trinajstić information content (AvgIpc) is 3.87. The molecule has 6 aromatic heterocycles. The highest BCUT2D eigenvalue weighted by molar-refractivity contribution is 7.27. The van der Waals surface area contributed by atoms with Crippen LogP contribution in [0.4, 0.5) is 11.4 Å². The minimum absolute atomic E-state index is 0.288. The zero-order valence-electron chi connectivity index (χ0n) is 22.1. The van der Waals surface area contributed by atoms with Gasteiger partial charge in [0.25, 0.3) is 0 Å². The molecule has 12 bridgehead atoms. The van der Waals surface area contributed by atoms with Crippen molar-refractivity contribution in [2.24, 2.45) is 0 Å². The van der Waals surface area contributed by atoms with Crippen molar-refractivity contribution in [2.75, 3.05) is 11.5 Å². The second-order valence-electron chi connectivity index (χ2n) is 8.98. The van der Waals surface area contributed by atoms with Crippen LogP contribution in [-0.2, 0) is 0 Å². The summed E-state index contributed by atoms with van der Waals surface area (Å²) >= 11 is 9.15. The maximum Gasteiger partial charge on any atom is 0.104 e. The van der Waals surface area contributed by atoms with Crippen LogP contribution in [-0.4, -0.2) is 0 Å². The summed E-state index contributed by atoms with van der Waals surface area (Å²) in [5.41, 5.74) is 14.4. The number of fused-ring (bicyclic) bond motifs is 16. The first-order valence-electron chi connectivity index (χ1n) is 12.6. The fourth-order valence-corrected chi connectivity index (χ4v) is 10.5. The molecule has 0 radical (unpaired) electrons. The molecular weight excluding hydrogens is 657 g/mol. The number of anilines is 2. The molecule has 0 atom stereocenters. The number of hydrogen-bond acceptors (Lipinski definition) is 10. The Bertz CT molecular complexity index is 2480. The molecule has 0 unspecified atom stereocenters. The Hall–Kier alpha value is -4.98. The number of nitrogens with zero attached hydrogens (tertiary/aromatic N) is 2. The molecule has 0 spiro atoms. The van der Waals surface area contributed by atoms with Crippen molar-refractivity contribution in [2.45, 2.75) is 0 Å². The van der Waals surface area contributed by atoms with Crippen LogP contribution >= 0.6 is 68.0 Å². The lowest BCUT2D eigenvalue weighted by Crippen LogP contribution is -1.92. The van der Waals surface area contributed by atoms with Crippen molar-refractivity contribution in [3.63, 3.8) is 0 Å². The van der Waals surface area contributed by atoms with E-state index in [2.05, 4.69) is 65.6 Å². The third-order valence-corrected chi connectivity index (χ3v) is 13.5. The van der Waals surface area contributed by atoms with Gasteiger partial charge in [-0.15, -0.1) is 68.0 Å². The molecule has 4 nitrogen and oxygen atoms in total. The highest BCUT2D eigenvalue weighted by atomic mass is 32.1. The van der Waals surface area contributed by atoms with Gasteiger partial charge in [0.1, 0.15) is 17.0 Å². The highest BCUT2D eigenvalue weighted by Gasteiger charge is 2.20. The Morgan fingerprint density at radius 2 is 0.909 bits per heavy atom. The Morgan fingerprint density at radius 1 is 0.455 bits per heavy atom. The zero-order chi connectivity index (χ0) is 30.2. The molecule has 0 saturated heterocycles. The van der Waals surface area contributed by atoms with Crippen molar-refractivity contribution in [3.05, 3.63) is 79.2 Å². The van der Waals surface area contributed by atoms with E-state index in [0.717, 1.165) is 48.8 Å². The molecule has 0 aliphatic carbocycles. The Balaban J connectivity index is 1.34. The van der Waals surface area contributed by atoms with Crippen LogP contribution in [0.3, 0.4) is 0 Å². The predicted octanol–water partition coefficient (Wildman–Crippen LogP) is 8.75. The molecule has 1 aliphatic heterocycles. The summed E-state index contributed by atoms with van der Waals surface area (Å²) in [7, 11) is 0. The summed E-state index contributed by atoms with van der Waals surface area (Å²) in [6, 6.07) is 20.5. The van der Waals surface area contributed by atoms with Crippen LogP contribution in [0.5, 0.6) is 0 Å². The maximum atomic E-state index is 9.93. The topological polar surface area (TPSA) is 99.6 Å². The van der Waals surface area contributed by atoms with Crippen molar-refractivity contribution in [1.82, 2.24) is 0 Å². The fraction of sp³-hybridized carbons (Fsp3) is 0. The summed E-state index contributed by atoms with van der Waals surface area (Å²) in [4.78, 5) is 10.8. The second kappa shape index (κ2) is 11.6. The standard InChI is InChI=1S/C34H12N4S6/c35-17-21-22(18-36)33-29-15-13-26(41-29)24-11-9-20(39-24)6-2-4-8-28-31(37)32(38)34(44-28)30-16-14-27(42-30)25-12-10-19(40-25)5-1-3-7-23(21)43-33/h9-16H,37-38H2. The fourth-order valence-electron chi connectivity index (χ4n) is 4.26. The third kappa shape index (κ3) is 5.10. The van der Waals surface area contributed by atoms with Crippen LogP contribution in [0, 0.1) is 70.0 Å². The quantitative estimate of drug-likeness (QED) is 0.158. The van der Waals surface area contributed by atoms with Gasteiger partial charge in [0.2, 0.25) is 0 Å². The molecule has 7 rings (SSSR count). The van der Waals surface area contributed by atoms with Gasteiger partial charge in [0.05, 0.1) is 46.9 Å². The van der Waals surface area contributed by atoms with Gasteiger partial charge < -0.3 is 11.5 Å². The van der Waals surface area contributed by atoms with Crippen LogP contribution in [0.25, 0.3) is 39.0 Å². The lowest BCUT2D eigenvalue weighted by Gasteiger charge is -1.95. The Labute approximate surface area is 277 Å². The van der Waals surface area contributed by atoms with E-state index in [-0.39, 0.29) is 5.56 Å². The molecule has 204 valence electrons. The van der Waals surface area contributed by atoms with Crippen LogP contribution < -0.4 is 11.5 Å². The number of thiophene rings is 6. The average molecular weight is 669 g/mol. The molecule has 44 heavy (non-hydrogen) atoms. The van der Waals surface area contributed by atoms with Crippen molar-refractivity contribution in [1.29, 1.82) is 10.5 Å². The normalized spacial score (nSPS) is 10.9. The molecule has 7 heterocycles. The van der Waals surface area contributed by atoms with E-state index in [4.69, 9.17) is 11.5 Å². The van der Waals surface area contributed by atoms with E-state index in [0.29, 0.717) is 26.7 Å². The number of rotatable bonds is 0. The van der Waals surface area contributed by atoms with E-state index in [9.17, 15) is 10.5 Å². The SMILES string of the molecule is N#Cc1c2sc(c1C#N)-c1ccc(s1)-c1ccc(s1)C#CC#Cc1sc(c(N)c1N)-c1ccc(s1)-c1ccc(s1)C#CC#C2. The summed E-state index contributed by atoms with van der Waals surface area (Å²) in [5, 5.41) is 19.8. The smallest absolute Gasteiger partial charge is 0.104 e. The minimum Gasteiger partial charge on any atom is -0.396 e. The zero-order valence-corrected chi connectivity index (χ0v) is 27.0. The van der Waals surface area contributed by atoms with E-state index in [1.807, 2.05) is 42.5 Å². The van der Waals surface area contributed by atoms with Crippen LogP contribution in [0.2, 0.25) is 0 Å². The number of nitriles is 2. The Morgan fingerprint density at radius 3 is 1.50 bits per heavy atom. The van der Waals surface area contributed by atoms with Gasteiger partial charge in [-0.1, -0.05) is 0 Å². The maximum absolute atomic E-state index is 9.93. The Kier molecular flexibility index (Phi) is 7.34. The predicted molar refractivity (Wildman–Crippen MR) is 188 cm³/mol. The van der Waals surface area contributed by atoms with Crippen molar-refractivity contribution >= 4 is 79.4 Å². The molecular formula is C34H12N4S6. The largest absolute Gasteiger partial charge is 0.396 e. The van der Waals surface area contributed by atoms with Crippen LogP contribution in [0.15, 0.2) is 48.5 Å². The van der Waals surface area contributed by atoms with Gasteiger partial charge in [-0.25, -0.2) is 0 Å². The van der Waals surface area contributed by atoms with Crippen molar-refractivity contribution < 1.29 is 0 Å². The molecule has 0 amide bonds. The van der Waals surface area contributed by atoms with E-state index >= 15 is 0 Å². The first kappa shape index (κ1) is 27.8. The summed E-state index contributed by atoms with van der Waals surface area (Å²) < 4.78 is 0. The first-order chi connectivity index (χ1) is 21.5. The highest BCUT2D eigenvalue weighted by Crippen LogP contribution is 2.46. The summed E-state index contributed by atoms with van der Waals surface area (Å²) in [5.74, 6) is 24.0. The summed E-state index contributed by atoms with van der Waals surface area (Å²) in [6.07, 6.45) is 0. The minimum atomic E-state index is 0.288. The lowest BCUT2D eigenvalue weighted by molar-refractivity contribution is 1.46. The number of nitrogen functional groups attached to an aromatic ring is 2. The van der Waals surface area contributed by atoms with Crippen molar-refractivity contribution in [3.8, 4) is 98.5 Å². The van der Waals surface area contributed by atoms with Gasteiger partial charge in [-0.3, -0.25) is 0 Å². The van der Waals surface area contributed by atoms with E-state index < -0.39 is 0 Å². The van der Waals surface area contributed by atoms with Gasteiger partial charge in [-0.2, -0.15) is 10.5 Å². The van der Waals surface area contributed by atoms with Gasteiger partial charge >= 0.3 is 0 Å². The first-order valence-corrected chi connectivity index (χ1v) is 17.5. The molecule has 10 heteroatoms. The molecule has 6 aromatic rings. The molecule has 0 saturated carbocycles. The van der Waals surface area contributed by atoms with E-state index in [1.165, 1.54) is 22.7 Å². The number of nitrogens with two attached hydrogens (primary N) is 2. The molecule has 0 fully saturated rings. The third-order valence-electron chi connectivity index (χ3n) is 6.32. The monoisotopic (exact) mass is 668 g/mol. The van der Waals surface area contributed by atoms with Gasteiger partial charge in [0.15, 0.2) is 0 Å². The summed E-state index contributed by atoms with van der Waals surface area (Å²) in [6.45, 7) is 0.